The van der Waals surface area contributed by atoms with Gasteiger partial charge in [0.15, 0.2) is 0 Å². The number of hydrogen-bond donors (Lipinski definition) is 1. The van der Waals surface area contributed by atoms with Crippen molar-refractivity contribution >= 4 is 5.82 Å². The van der Waals surface area contributed by atoms with Crippen LogP contribution in [0.3, 0.4) is 0 Å². The van der Waals surface area contributed by atoms with Crippen molar-refractivity contribution in [2.45, 2.75) is 26.4 Å². The van der Waals surface area contributed by atoms with Gasteiger partial charge in [0.1, 0.15) is 11.6 Å². The second-order valence-electron chi connectivity index (χ2n) is 4.39. The Morgan fingerprint density at radius 2 is 2.24 bits per heavy atom. The zero-order chi connectivity index (χ0) is 12.3. The Bertz CT molecular complexity index is 394. The molecule has 0 fully saturated rings. The molecule has 17 heavy (non-hydrogen) atoms. The van der Waals surface area contributed by atoms with Gasteiger partial charge in [-0.15, -0.1) is 0 Å². The fraction of sp³-hybridized carbons (Fsp3) is 0.667. The Balaban J connectivity index is 2.28. The van der Waals surface area contributed by atoms with Gasteiger partial charge in [-0.2, -0.15) is 0 Å². The lowest BCUT2D eigenvalue weighted by atomic mass is 10.1. The summed E-state index contributed by atoms with van der Waals surface area (Å²) in [6.07, 6.45) is 1.85. The van der Waals surface area contributed by atoms with E-state index in [4.69, 9.17) is 10.5 Å². The van der Waals surface area contributed by atoms with E-state index in [1.807, 2.05) is 14.0 Å². The molecule has 5 nitrogen and oxygen atoms in total. The topological polar surface area (TPSA) is 64.3 Å². The molecule has 0 aliphatic carbocycles. The van der Waals surface area contributed by atoms with Crippen LogP contribution in [0.1, 0.15) is 23.5 Å². The van der Waals surface area contributed by atoms with E-state index in [2.05, 4.69) is 14.9 Å². The smallest absolute Gasteiger partial charge is 0.137 e. The van der Waals surface area contributed by atoms with E-state index in [0.29, 0.717) is 13.2 Å². The van der Waals surface area contributed by atoms with E-state index in [1.165, 1.54) is 0 Å². The van der Waals surface area contributed by atoms with Gasteiger partial charge in [-0.05, 0) is 19.9 Å². The number of anilines is 1. The molecule has 0 radical (unpaired) electrons. The van der Waals surface area contributed by atoms with Gasteiger partial charge in [-0.25, -0.2) is 9.97 Å². The standard InChI is InChI=1S/C12H20N4O/c1-9-14-11-4-7-17-8-10(11)12(15-9)16(2)6-3-5-13/h3-8,13H2,1-2H3. The van der Waals surface area contributed by atoms with Crippen LogP contribution in [0.4, 0.5) is 5.82 Å². The largest absolute Gasteiger partial charge is 0.376 e. The summed E-state index contributed by atoms with van der Waals surface area (Å²) >= 11 is 0. The average molecular weight is 236 g/mol. The molecule has 2 N–H and O–H groups in total. The van der Waals surface area contributed by atoms with Gasteiger partial charge in [-0.3, -0.25) is 0 Å². The average Bonchev–Trinajstić information content (AvgIpc) is 2.34. The van der Waals surface area contributed by atoms with Crippen LogP contribution in [-0.2, 0) is 17.8 Å². The summed E-state index contributed by atoms with van der Waals surface area (Å²) in [5, 5.41) is 0. The third kappa shape index (κ3) is 2.73. The Hall–Kier alpha value is -1.20. The number of nitrogens with two attached hydrogens (primary N) is 1. The number of ether oxygens (including phenoxy) is 1. The van der Waals surface area contributed by atoms with Crippen LogP contribution in [0.15, 0.2) is 0 Å². The van der Waals surface area contributed by atoms with E-state index >= 15 is 0 Å². The summed E-state index contributed by atoms with van der Waals surface area (Å²) in [7, 11) is 2.05. The lowest BCUT2D eigenvalue weighted by Gasteiger charge is -2.25. The minimum Gasteiger partial charge on any atom is -0.376 e. The van der Waals surface area contributed by atoms with Gasteiger partial charge in [0.2, 0.25) is 0 Å². The third-order valence-electron chi connectivity index (χ3n) is 2.97. The predicted molar refractivity (Wildman–Crippen MR) is 67.1 cm³/mol. The molecule has 0 saturated heterocycles. The van der Waals surface area contributed by atoms with E-state index in [1.54, 1.807) is 0 Å². The van der Waals surface area contributed by atoms with Gasteiger partial charge < -0.3 is 15.4 Å². The van der Waals surface area contributed by atoms with Crippen molar-refractivity contribution in [2.75, 3.05) is 31.6 Å². The first kappa shape index (κ1) is 12.3. The summed E-state index contributed by atoms with van der Waals surface area (Å²) in [4.78, 5) is 11.2. The highest BCUT2D eigenvalue weighted by Gasteiger charge is 2.19. The second kappa shape index (κ2) is 5.42. The van der Waals surface area contributed by atoms with Crippen molar-refractivity contribution in [1.82, 2.24) is 9.97 Å². The van der Waals surface area contributed by atoms with Crippen LogP contribution >= 0.6 is 0 Å². The fourth-order valence-electron chi connectivity index (χ4n) is 2.09. The lowest BCUT2D eigenvalue weighted by Crippen LogP contribution is -2.26. The minimum atomic E-state index is 0.623. The second-order valence-corrected chi connectivity index (χ2v) is 4.39. The highest BCUT2D eigenvalue weighted by atomic mass is 16.5. The Morgan fingerprint density at radius 3 is 3.00 bits per heavy atom. The summed E-state index contributed by atoms with van der Waals surface area (Å²) in [5.74, 6) is 1.83. The van der Waals surface area contributed by atoms with Gasteiger partial charge in [0.25, 0.3) is 0 Å². The summed E-state index contributed by atoms with van der Waals surface area (Å²) < 4.78 is 5.50. The normalized spacial score (nSPS) is 14.5. The molecule has 1 aliphatic heterocycles. The molecule has 5 heteroatoms. The molecule has 2 heterocycles. The first-order valence-corrected chi connectivity index (χ1v) is 6.07. The highest BCUT2D eigenvalue weighted by Crippen LogP contribution is 2.24. The Labute approximate surface area is 102 Å². The first-order valence-electron chi connectivity index (χ1n) is 6.07. The summed E-state index contributed by atoms with van der Waals surface area (Å²) in [6.45, 7) is 4.94. The van der Waals surface area contributed by atoms with Gasteiger partial charge in [-0.1, -0.05) is 0 Å². The maximum atomic E-state index is 5.54. The van der Waals surface area contributed by atoms with E-state index in [0.717, 1.165) is 48.9 Å². The molecule has 1 aromatic rings. The van der Waals surface area contributed by atoms with Crippen LogP contribution in [0.2, 0.25) is 0 Å². The van der Waals surface area contributed by atoms with Crippen molar-refractivity contribution in [2.24, 2.45) is 5.73 Å². The molecule has 0 bridgehead atoms. The number of aryl methyl sites for hydroxylation is 1. The van der Waals surface area contributed by atoms with Crippen molar-refractivity contribution in [1.29, 1.82) is 0 Å². The molecule has 0 amide bonds. The first-order chi connectivity index (χ1) is 8.22. The Morgan fingerprint density at radius 1 is 1.41 bits per heavy atom. The van der Waals surface area contributed by atoms with E-state index in [9.17, 15) is 0 Å². The van der Waals surface area contributed by atoms with Crippen LogP contribution in [0, 0.1) is 6.92 Å². The van der Waals surface area contributed by atoms with Crippen LogP contribution in [-0.4, -0.2) is 36.7 Å². The van der Waals surface area contributed by atoms with Crippen LogP contribution in [0.5, 0.6) is 0 Å². The highest BCUT2D eigenvalue weighted by molar-refractivity contribution is 5.49. The number of rotatable bonds is 4. The third-order valence-corrected chi connectivity index (χ3v) is 2.97. The zero-order valence-electron chi connectivity index (χ0n) is 10.6. The summed E-state index contributed by atoms with van der Waals surface area (Å²) in [5.41, 5.74) is 7.82. The Kier molecular flexibility index (Phi) is 3.91. The van der Waals surface area contributed by atoms with Crippen LogP contribution < -0.4 is 10.6 Å². The maximum Gasteiger partial charge on any atom is 0.137 e. The predicted octanol–water partition coefficient (Wildman–Crippen LogP) is 0.643. The molecule has 0 spiro atoms. The summed E-state index contributed by atoms with van der Waals surface area (Å²) in [6, 6.07) is 0. The number of aromatic nitrogens is 2. The minimum absolute atomic E-state index is 0.623. The van der Waals surface area contributed by atoms with Gasteiger partial charge in [0, 0.05) is 25.6 Å². The molecule has 0 unspecified atom stereocenters. The molecular weight excluding hydrogens is 216 g/mol. The molecular formula is C12H20N4O. The number of nitrogens with zero attached hydrogens (tertiary/aromatic N) is 3. The zero-order valence-corrected chi connectivity index (χ0v) is 10.6. The molecule has 94 valence electrons. The SMILES string of the molecule is Cc1nc2c(c(N(C)CCCN)n1)COCC2. The van der Waals surface area contributed by atoms with Crippen molar-refractivity contribution in [3.63, 3.8) is 0 Å². The molecule has 0 aromatic carbocycles. The molecule has 2 rings (SSSR count). The molecule has 0 atom stereocenters. The fourth-order valence-corrected chi connectivity index (χ4v) is 2.09. The maximum absolute atomic E-state index is 5.54. The molecule has 0 saturated carbocycles. The van der Waals surface area contributed by atoms with Crippen molar-refractivity contribution in [3.05, 3.63) is 17.1 Å². The lowest BCUT2D eigenvalue weighted by molar-refractivity contribution is 0.109. The molecule has 1 aromatic heterocycles. The van der Waals surface area contributed by atoms with Gasteiger partial charge in [0.05, 0.1) is 18.9 Å². The van der Waals surface area contributed by atoms with Crippen molar-refractivity contribution < 1.29 is 4.74 Å². The molecule has 1 aliphatic rings. The number of fused-ring (bicyclic) bond motifs is 1. The van der Waals surface area contributed by atoms with Crippen molar-refractivity contribution in [3.8, 4) is 0 Å². The number of hydrogen-bond acceptors (Lipinski definition) is 5. The monoisotopic (exact) mass is 236 g/mol. The quantitative estimate of drug-likeness (QED) is 0.831. The van der Waals surface area contributed by atoms with E-state index in [-0.39, 0.29) is 0 Å². The van der Waals surface area contributed by atoms with Gasteiger partial charge >= 0.3 is 0 Å². The van der Waals surface area contributed by atoms with Crippen LogP contribution in [0.25, 0.3) is 0 Å². The van der Waals surface area contributed by atoms with E-state index < -0.39 is 0 Å².